The lowest BCUT2D eigenvalue weighted by atomic mass is 9.90. The molecule has 0 unspecified atom stereocenters. The van der Waals surface area contributed by atoms with Gasteiger partial charge in [-0.1, -0.05) is 30.7 Å². The second-order valence-corrected chi connectivity index (χ2v) is 11.0. The Labute approximate surface area is 241 Å². The predicted molar refractivity (Wildman–Crippen MR) is 152 cm³/mol. The van der Waals surface area contributed by atoms with Crippen LogP contribution >= 0.6 is 0 Å². The molecule has 226 valence electrons. The lowest BCUT2D eigenvalue weighted by molar-refractivity contribution is -0.134. The molecule has 3 rings (SSSR count). The number of benzene rings is 1. The summed E-state index contributed by atoms with van der Waals surface area (Å²) >= 11 is 0. The van der Waals surface area contributed by atoms with E-state index >= 15 is 0 Å². The molecule has 0 spiro atoms. The maximum Gasteiger partial charge on any atom is 0.407 e. The number of hydrogen-bond donors (Lipinski definition) is 3. The van der Waals surface area contributed by atoms with Crippen LogP contribution in [0.2, 0.25) is 0 Å². The number of carbonyl (C=O) groups excluding carboxylic acids is 5. The average molecular weight is 574 g/mol. The first-order chi connectivity index (χ1) is 19.5. The molecule has 0 aliphatic carbocycles. The molecule has 2 aliphatic heterocycles. The van der Waals surface area contributed by atoms with Crippen LogP contribution < -0.4 is 20.7 Å². The zero-order valence-electron chi connectivity index (χ0n) is 24.4. The van der Waals surface area contributed by atoms with Crippen LogP contribution in [0, 0.1) is 5.92 Å². The topological polar surface area (TPSA) is 149 Å². The molecule has 11 heteroatoms. The Balaban J connectivity index is 2.19. The highest BCUT2D eigenvalue weighted by Crippen LogP contribution is 2.19. The maximum atomic E-state index is 13.5. The lowest BCUT2D eigenvalue weighted by Gasteiger charge is -2.24. The van der Waals surface area contributed by atoms with Crippen LogP contribution in [0.3, 0.4) is 0 Å². The van der Waals surface area contributed by atoms with Crippen molar-refractivity contribution >= 4 is 30.2 Å². The van der Waals surface area contributed by atoms with E-state index in [-0.39, 0.29) is 37.0 Å². The van der Waals surface area contributed by atoms with Crippen LogP contribution in [-0.2, 0) is 35.1 Å². The predicted octanol–water partition coefficient (Wildman–Crippen LogP) is 3.00. The molecule has 0 aromatic heterocycles. The number of rotatable bonds is 9. The minimum Gasteiger partial charge on any atom is -0.490 e. The molecule has 3 atom stereocenters. The van der Waals surface area contributed by atoms with Crippen LogP contribution in [0.4, 0.5) is 4.79 Å². The molecule has 0 radical (unpaired) electrons. The monoisotopic (exact) mass is 573 g/mol. The van der Waals surface area contributed by atoms with Crippen molar-refractivity contribution in [2.75, 3.05) is 19.8 Å². The Hall–Kier alpha value is -3.89. The van der Waals surface area contributed by atoms with E-state index in [0.29, 0.717) is 51.1 Å². The molecule has 11 nitrogen and oxygen atoms in total. The van der Waals surface area contributed by atoms with Gasteiger partial charge in [0.1, 0.15) is 24.6 Å². The number of hydrogen-bond acceptors (Lipinski definition) is 8. The van der Waals surface area contributed by atoms with Crippen molar-refractivity contribution in [3.05, 3.63) is 42.0 Å². The summed E-state index contributed by atoms with van der Waals surface area (Å²) in [6.45, 7) is 7.63. The van der Waals surface area contributed by atoms with Crippen LogP contribution in [0.1, 0.15) is 65.4 Å². The standard InChI is InChI=1S/C30H43N3O8/c1-21(35)32-26-17-22-11-13-25(14-12-22)40-16-8-6-10-24(19-39-20-34)33-28(37)23(18-27(26)36)9-5-7-15-31-29(38)41-30(2,3)4/h6,8,11-14,20,23-24,26H,5,7,9-10,15-19H2,1-4H3,(H,31,38)(H,32,35)(H,33,37)/b8-6-/t23-,24+,26+/m1/s1. The maximum absolute atomic E-state index is 13.5. The molecule has 0 saturated heterocycles. The fraction of sp³-hybridized carbons (Fsp3) is 0.567. The van der Waals surface area contributed by atoms with Gasteiger partial charge < -0.3 is 30.2 Å². The number of ketones is 1. The highest BCUT2D eigenvalue weighted by Gasteiger charge is 2.28. The van der Waals surface area contributed by atoms with Crippen molar-refractivity contribution in [1.82, 2.24) is 16.0 Å². The van der Waals surface area contributed by atoms with Crippen molar-refractivity contribution < 1.29 is 38.2 Å². The number of alkyl carbamates (subject to hydrolysis) is 1. The van der Waals surface area contributed by atoms with Gasteiger partial charge in [0.2, 0.25) is 11.8 Å². The third-order valence-corrected chi connectivity index (χ3v) is 6.24. The van der Waals surface area contributed by atoms with Gasteiger partial charge in [0.15, 0.2) is 5.78 Å². The van der Waals surface area contributed by atoms with E-state index < -0.39 is 29.7 Å². The van der Waals surface area contributed by atoms with Gasteiger partial charge in [0.25, 0.3) is 6.47 Å². The molecule has 3 amide bonds. The largest absolute Gasteiger partial charge is 0.490 e. The van der Waals surface area contributed by atoms with Gasteiger partial charge in [-0.2, -0.15) is 0 Å². The van der Waals surface area contributed by atoms with Crippen molar-refractivity contribution in [2.45, 2.75) is 83.9 Å². The Morgan fingerprint density at radius 1 is 1.10 bits per heavy atom. The van der Waals surface area contributed by atoms with Gasteiger partial charge in [-0.05, 0) is 64.2 Å². The van der Waals surface area contributed by atoms with Crippen LogP contribution in [0.5, 0.6) is 5.75 Å². The second kappa shape index (κ2) is 17.0. The van der Waals surface area contributed by atoms with Gasteiger partial charge in [0.05, 0.1) is 12.1 Å². The zero-order valence-corrected chi connectivity index (χ0v) is 24.4. The molecule has 0 saturated carbocycles. The SMILES string of the molecule is CC(=O)N[C@H]1Cc2ccc(cc2)OC/C=C\C[C@@H](COC=O)NC(=O)[C@H](CCCCNC(=O)OC(C)(C)C)CC1=O. The number of Topliss-reactive ketones (excluding diaryl/α,β-unsaturated/α-hetero) is 1. The molecule has 3 N–H and O–H groups in total. The number of nitrogens with one attached hydrogen (secondary N) is 3. The number of fused-ring (bicyclic) bond motifs is 13. The summed E-state index contributed by atoms with van der Waals surface area (Å²) < 4.78 is 15.9. The smallest absolute Gasteiger partial charge is 0.407 e. The Morgan fingerprint density at radius 2 is 1.83 bits per heavy atom. The summed E-state index contributed by atoms with van der Waals surface area (Å²) in [6.07, 6.45) is 5.19. The van der Waals surface area contributed by atoms with E-state index in [1.165, 1.54) is 6.92 Å². The van der Waals surface area contributed by atoms with E-state index in [2.05, 4.69) is 16.0 Å². The minimum atomic E-state index is -0.810. The third kappa shape index (κ3) is 13.8. The van der Waals surface area contributed by atoms with Crippen molar-refractivity contribution in [3.63, 3.8) is 0 Å². The molecule has 2 bridgehead atoms. The summed E-state index contributed by atoms with van der Waals surface area (Å²) in [5.41, 5.74) is 0.231. The van der Waals surface area contributed by atoms with E-state index in [4.69, 9.17) is 14.2 Å². The van der Waals surface area contributed by atoms with E-state index in [0.717, 1.165) is 5.56 Å². The molecule has 1 aromatic rings. The first-order valence-electron chi connectivity index (χ1n) is 14.0. The van der Waals surface area contributed by atoms with Crippen LogP contribution in [0.15, 0.2) is 36.4 Å². The van der Waals surface area contributed by atoms with Crippen molar-refractivity contribution in [2.24, 2.45) is 5.92 Å². The van der Waals surface area contributed by atoms with Gasteiger partial charge in [-0.15, -0.1) is 0 Å². The summed E-state index contributed by atoms with van der Waals surface area (Å²) in [5, 5.41) is 8.33. The highest BCUT2D eigenvalue weighted by molar-refractivity contribution is 5.92. The van der Waals surface area contributed by atoms with Gasteiger partial charge in [-0.3, -0.25) is 19.2 Å². The highest BCUT2D eigenvalue weighted by atomic mass is 16.6. The fourth-order valence-corrected chi connectivity index (χ4v) is 4.30. The Bertz CT molecular complexity index is 1050. The molecule has 0 fully saturated rings. The quantitative estimate of drug-likeness (QED) is 0.232. The molecule has 2 aliphatic rings. The number of ether oxygens (including phenoxy) is 3. The normalized spacial score (nSPS) is 21.0. The van der Waals surface area contributed by atoms with E-state index in [9.17, 15) is 24.0 Å². The first kappa shape index (κ1) is 33.3. The fourth-order valence-electron chi connectivity index (χ4n) is 4.30. The molecule has 2 heterocycles. The molecular formula is C30H43N3O8. The van der Waals surface area contributed by atoms with E-state index in [1.807, 2.05) is 24.3 Å². The number of carbonyl (C=O) groups is 5. The van der Waals surface area contributed by atoms with Crippen molar-refractivity contribution in [1.29, 1.82) is 0 Å². The minimum absolute atomic E-state index is 0.0312. The second-order valence-electron chi connectivity index (χ2n) is 11.0. The van der Waals surface area contributed by atoms with Crippen molar-refractivity contribution in [3.8, 4) is 5.75 Å². The summed E-state index contributed by atoms with van der Waals surface area (Å²) in [4.78, 5) is 61.5. The van der Waals surface area contributed by atoms with Gasteiger partial charge in [0, 0.05) is 25.8 Å². The molecule has 41 heavy (non-hydrogen) atoms. The van der Waals surface area contributed by atoms with Gasteiger partial charge >= 0.3 is 6.09 Å². The Morgan fingerprint density at radius 3 is 2.49 bits per heavy atom. The Kier molecular flexibility index (Phi) is 13.8. The van der Waals surface area contributed by atoms with Crippen LogP contribution in [0.25, 0.3) is 0 Å². The zero-order chi connectivity index (χ0) is 30.3. The van der Waals surface area contributed by atoms with Gasteiger partial charge in [-0.25, -0.2) is 4.79 Å². The third-order valence-electron chi connectivity index (χ3n) is 6.24. The summed E-state index contributed by atoms with van der Waals surface area (Å²) in [6, 6.07) is 5.97. The van der Waals surface area contributed by atoms with E-state index in [1.54, 1.807) is 32.9 Å². The van der Waals surface area contributed by atoms with Crippen LogP contribution in [-0.4, -0.2) is 67.6 Å². The number of amides is 3. The lowest BCUT2D eigenvalue weighted by Crippen LogP contribution is -2.45. The summed E-state index contributed by atoms with van der Waals surface area (Å²) in [7, 11) is 0. The number of unbranched alkanes of at least 4 members (excludes halogenated alkanes) is 1. The molecule has 1 aromatic carbocycles. The first-order valence-corrected chi connectivity index (χ1v) is 14.0. The average Bonchev–Trinajstić information content (AvgIpc) is 2.89. The molecular weight excluding hydrogens is 530 g/mol. The summed E-state index contributed by atoms with van der Waals surface area (Å²) in [5.74, 6) is -1.000.